The van der Waals surface area contributed by atoms with Crippen LogP contribution in [0.25, 0.3) is 0 Å². The number of hydrogen-bond donors (Lipinski definition) is 0. The molecule has 1 unspecified atom stereocenters. The quantitative estimate of drug-likeness (QED) is 0.718. The molecule has 0 aromatic heterocycles. The highest BCUT2D eigenvalue weighted by Gasteiger charge is 2.28. The zero-order valence-electron chi connectivity index (χ0n) is 8.97. The summed E-state index contributed by atoms with van der Waals surface area (Å²) in [7, 11) is 0. The Labute approximate surface area is 99.0 Å². The van der Waals surface area contributed by atoms with E-state index in [1.165, 1.54) is 12.8 Å². The normalized spacial score (nSPS) is 17.8. The molecule has 1 atom stereocenters. The molecule has 0 radical (unpaired) electrons. The molecule has 0 heterocycles. The Balaban J connectivity index is 1.94. The van der Waals surface area contributed by atoms with Crippen LogP contribution in [0.1, 0.15) is 30.4 Å². The van der Waals surface area contributed by atoms with E-state index in [4.69, 9.17) is 0 Å². The SMILES string of the molecule is Cc1ccc(F)c(CCC(Br)C2CC2)c1. The number of aryl methyl sites for hydroxylation is 2. The van der Waals surface area contributed by atoms with Crippen LogP contribution in [0.3, 0.4) is 0 Å². The van der Waals surface area contributed by atoms with E-state index in [0.29, 0.717) is 4.83 Å². The summed E-state index contributed by atoms with van der Waals surface area (Å²) < 4.78 is 13.4. The molecular weight excluding hydrogens is 255 g/mol. The minimum absolute atomic E-state index is 0.0592. The summed E-state index contributed by atoms with van der Waals surface area (Å²) >= 11 is 3.68. The van der Waals surface area contributed by atoms with E-state index < -0.39 is 0 Å². The molecule has 15 heavy (non-hydrogen) atoms. The van der Waals surface area contributed by atoms with Gasteiger partial charge in [-0.15, -0.1) is 0 Å². The van der Waals surface area contributed by atoms with Crippen LogP contribution in [-0.4, -0.2) is 4.83 Å². The zero-order chi connectivity index (χ0) is 10.8. The highest BCUT2D eigenvalue weighted by molar-refractivity contribution is 9.09. The second-order valence-corrected chi connectivity index (χ2v) is 5.66. The lowest BCUT2D eigenvalue weighted by Gasteiger charge is -2.09. The lowest BCUT2D eigenvalue weighted by molar-refractivity contribution is 0.597. The van der Waals surface area contributed by atoms with Crippen molar-refractivity contribution in [1.29, 1.82) is 0 Å². The highest BCUT2D eigenvalue weighted by Crippen LogP contribution is 2.38. The fraction of sp³-hybridized carbons (Fsp3) is 0.538. The Hall–Kier alpha value is -0.370. The van der Waals surface area contributed by atoms with Gasteiger partial charge in [0.2, 0.25) is 0 Å². The second-order valence-electron chi connectivity index (χ2n) is 4.49. The molecule has 82 valence electrons. The Morgan fingerprint density at radius 3 is 2.87 bits per heavy atom. The largest absolute Gasteiger partial charge is 0.207 e. The molecule has 1 aliphatic rings. The van der Waals surface area contributed by atoms with E-state index in [1.54, 1.807) is 6.07 Å². The van der Waals surface area contributed by atoms with Gasteiger partial charge in [0.05, 0.1) is 0 Å². The number of benzene rings is 1. The van der Waals surface area contributed by atoms with Gasteiger partial charge in [0.15, 0.2) is 0 Å². The topological polar surface area (TPSA) is 0 Å². The first kappa shape index (κ1) is 11.1. The van der Waals surface area contributed by atoms with Crippen molar-refractivity contribution in [3.05, 3.63) is 35.1 Å². The molecule has 2 rings (SSSR count). The molecule has 1 aliphatic carbocycles. The van der Waals surface area contributed by atoms with Crippen molar-refractivity contribution in [2.24, 2.45) is 5.92 Å². The van der Waals surface area contributed by atoms with Crippen molar-refractivity contribution >= 4 is 15.9 Å². The average molecular weight is 271 g/mol. The fourth-order valence-electron chi connectivity index (χ4n) is 1.88. The van der Waals surface area contributed by atoms with Gasteiger partial charge < -0.3 is 0 Å². The maximum absolute atomic E-state index is 13.4. The first-order valence-electron chi connectivity index (χ1n) is 5.56. The third-order valence-corrected chi connectivity index (χ3v) is 4.23. The van der Waals surface area contributed by atoms with Crippen LogP contribution in [0.2, 0.25) is 0 Å². The fourth-order valence-corrected chi connectivity index (χ4v) is 2.64. The van der Waals surface area contributed by atoms with Crippen molar-refractivity contribution in [3.8, 4) is 0 Å². The van der Waals surface area contributed by atoms with Crippen LogP contribution in [0.5, 0.6) is 0 Å². The molecule has 1 saturated carbocycles. The van der Waals surface area contributed by atoms with E-state index in [1.807, 2.05) is 19.1 Å². The van der Waals surface area contributed by atoms with Crippen molar-refractivity contribution in [3.63, 3.8) is 0 Å². The Kier molecular flexibility index (Phi) is 3.45. The summed E-state index contributed by atoms with van der Waals surface area (Å²) in [5.41, 5.74) is 2.00. The number of hydrogen-bond acceptors (Lipinski definition) is 0. The molecule has 0 nitrogen and oxygen atoms in total. The Morgan fingerprint density at radius 1 is 1.47 bits per heavy atom. The molecule has 0 amide bonds. The van der Waals surface area contributed by atoms with Crippen molar-refractivity contribution in [2.45, 2.75) is 37.4 Å². The van der Waals surface area contributed by atoms with Crippen LogP contribution in [0.15, 0.2) is 18.2 Å². The highest BCUT2D eigenvalue weighted by atomic mass is 79.9. The lowest BCUT2D eigenvalue weighted by Crippen LogP contribution is -2.03. The van der Waals surface area contributed by atoms with Crippen molar-refractivity contribution in [2.75, 3.05) is 0 Å². The minimum atomic E-state index is -0.0592. The smallest absolute Gasteiger partial charge is 0.126 e. The van der Waals surface area contributed by atoms with Crippen LogP contribution in [-0.2, 0) is 6.42 Å². The van der Waals surface area contributed by atoms with Crippen LogP contribution in [0, 0.1) is 18.7 Å². The second kappa shape index (κ2) is 4.65. The summed E-state index contributed by atoms with van der Waals surface area (Å²) in [6.07, 6.45) is 4.57. The van der Waals surface area contributed by atoms with E-state index in [9.17, 15) is 4.39 Å². The van der Waals surface area contributed by atoms with Gasteiger partial charge in [-0.1, -0.05) is 33.6 Å². The van der Waals surface area contributed by atoms with Gasteiger partial charge in [0, 0.05) is 4.83 Å². The molecular formula is C13H16BrF. The van der Waals surface area contributed by atoms with Crippen LogP contribution < -0.4 is 0 Å². The predicted molar refractivity (Wildman–Crippen MR) is 64.9 cm³/mol. The van der Waals surface area contributed by atoms with Gasteiger partial charge in [-0.3, -0.25) is 0 Å². The summed E-state index contributed by atoms with van der Waals surface area (Å²) in [5, 5.41) is 0. The third kappa shape index (κ3) is 3.04. The van der Waals surface area contributed by atoms with Crippen molar-refractivity contribution in [1.82, 2.24) is 0 Å². The van der Waals surface area contributed by atoms with E-state index in [0.717, 1.165) is 29.9 Å². The molecule has 2 heteroatoms. The molecule has 1 aromatic rings. The summed E-state index contributed by atoms with van der Waals surface area (Å²) in [6.45, 7) is 2.01. The molecule has 0 saturated heterocycles. The van der Waals surface area contributed by atoms with E-state index >= 15 is 0 Å². The Bertz CT molecular complexity index is 344. The molecule has 0 N–H and O–H groups in total. The molecule has 1 fully saturated rings. The third-order valence-electron chi connectivity index (χ3n) is 3.02. The van der Waals surface area contributed by atoms with E-state index in [-0.39, 0.29) is 5.82 Å². The monoisotopic (exact) mass is 270 g/mol. The Morgan fingerprint density at radius 2 is 2.20 bits per heavy atom. The van der Waals surface area contributed by atoms with Crippen molar-refractivity contribution < 1.29 is 4.39 Å². The number of halogens is 2. The van der Waals surface area contributed by atoms with Crippen LogP contribution >= 0.6 is 15.9 Å². The average Bonchev–Trinajstić information content (AvgIpc) is 3.02. The molecule has 0 spiro atoms. The van der Waals surface area contributed by atoms with Gasteiger partial charge in [0.25, 0.3) is 0 Å². The standard InChI is InChI=1S/C13H16BrF/c1-9-2-7-13(15)11(8-9)5-6-12(14)10-3-4-10/h2,7-8,10,12H,3-6H2,1H3. The summed E-state index contributed by atoms with van der Waals surface area (Å²) in [6, 6.07) is 5.36. The van der Waals surface area contributed by atoms with Gasteiger partial charge in [-0.05, 0) is 50.2 Å². The summed E-state index contributed by atoms with van der Waals surface area (Å²) in [5.74, 6) is 0.786. The summed E-state index contributed by atoms with van der Waals surface area (Å²) in [4.78, 5) is 0.581. The first-order valence-corrected chi connectivity index (χ1v) is 6.47. The van der Waals surface area contributed by atoms with E-state index in [2.05, 4.69) is 15.9 Å². The number of rotatable bonds is 4. The number of alkyl halides is 1. The maximum Gasteiger partial charge on any atom is 0.126 e. The lowest BCUT2D eigenvalue weighted by atomic mass is 10.0. The molecule has 0 bridgehead atoms. The zero-order valence-corrected chi connectivity index (χ0v) is 10.6. The maximum atomic E-state index is 13.4. The minimum Gasteiger partial charge on any atom is -0.207 e. The predicted octanol–water partition coefficient (Wildman–Crippen LogP) is 4.24. The van der Waals surface area contributed by atoms with Gasteiger partial charge in [-0.2, -0.15) is 0 Å². The molecule has 0 aliphatic heterocycles. The molecule has 1 aromatic carbocycles. The first-order chi connectivity index (χ1) is 7.16. The van der Waals surface area contributed by atoms with Gasteiger partial charge >= 0.3 is 0 Å². The van der Waals surface area contributed by atoms with Gasteiger partial charge in [0.1, 0.15) is 5.82 Å². The van der Waals surface area contributed by atoms with Gasteiger partial charge in [-0.25, -0.2) is 4.39 Å². The van der Waals surface area contributed by atoms with Crippen LogP contribution in [0.4, 0.5) is 4.39 Å².